The lowest BCUT2D eigenvalue weighted by atomic mass is 10.0. The zero-order valence-corrected chi connectivity index (χ0v) is 21.9. The maximum Gasteiger partial charge on any atom is 0.284 e. The van der Waals surface area contributed by atoms with Gasteiger partial charge in [0.1, 0.15) is 5.82 Å². The Balaban J connectivity index is 1.36. The van der Waals surface area contributed by atoms with E-state index in [4.69, 9.17) is 0 Å². The topological polar surface area (TPSA) is 114 Å². The number of rotatable bonds is 6. The first-order valence-electron chi connectivity index (χ1n) is 12.1. The lowest BCUT2D eigenvalue weighted by Crippen LogP contribution is -2.41. The molecule has 1 heterocycles. The summed E-state index contributed by atoms with van der Waals surface area (Å²) in [5.41, 5.74) is 7.40. The van der Waals surface area contributed by atoms with E-state index in [2.05, 4.69) is 15.8 Å². The lowest BCUT2D eigenvalue weighted by Gasteiger charge is -2.12. The summed E-state index contributed by atoms with van der Waals surface area (Å²) in [6.07, 6.45) is 0. The molecule has 0 aliphatic heterocycles. The molecule has 5 aromatic rings. The average Bonchev–Trinajstić information content (AvgIpc) is 2.96. The van der Waals surface area contributed by atoms with E-state index in [1.54, 1.807) is 42.5 Å². The number of para-hydroxylation sites is 1. The summed E-state index contributed by atoms with van der Waals surface area (Å²) in [5.74, 6) is -1.73. The Kier molecular flexibility index (Phi) is 7.52. The van der Waals surface area contributed by atoms with Crippen molar-refractivity contribution in [3.05, 3.63) is 130 Å². The normalized spacial score (nSPS) is 10.8. The van der Waals surface area contributed by atoms with Crippen LogP contribution in [0.5, 0.6) is 0 Å². The number of aryl methyl sites for hydroxylation is 1. The van der Waals surface area contributed by atoms with Gasteiger partial charge in [0.05, 0.1) is 26.6 Å². The summed E-state index contributed by atoms with van der Waals surface area (Å²) in [4.78, 5) is 43.0. The van der Waals surface area contributed by atoms with Crippen molar-refractivity contribution in [3.8, 4) is 11.3 Å². The molecule has 1 aromatic heterocycles. The molecule has 0 unspecified atom stereocenters. The molecular formula is C30H21FN4O4S. The van der Waals surface area contributed by atoms with Crippen molar-refractivity contribution in [1.82, 2.24) is 15.8 Å². The fourth-order valence-corrected chi connectivity index (χ4v) is 4.91. The number of hydrazine groups is 1. The summed E-state index contributed by atoms with van der Waals surface area (Å²) in [6.45, 7) is 1.95. The summed E-state index contributed by atoms with van der Waals surface area (Å²) < 4.78 is 13.4. The highest BCUT2D eigenvalue weighted by Crippen LogP contribution is 2.35. The lowest BCUT2D eigenvalue weighted by molar-refractivity contribution is -0.387. The predicted octanol–water partition coefficient (Wildman–Crippen LogP) is 6.48. The van der Waals surface area contributed by atoms with Gasteiger partial charge in [-0.2, -0.15) is 0 Å². The minimum Gasteiger partial charge on any atom is -0.267 e. The molecule has 2 N–H and O–H groups in total. The standard InChI is InChI=1S/C30H21FN4O4S/c1-18-6-13-22(14-7-18)40-28-15-10-20(16-27(28)35(38)39)29(36)33-34-30(37)24-17-26(19-8-11-21(31)12-9-19)32-25-5-3-2-4-23(24)25/h2-17H,1H3,(H,33,36)(H,34,37). The van der Waals surface area contributed by atoms with Gasteiger partial charge in [0, 0.05) is 27.5 Å². The maximum absolute atomic E-state index is 13.4. The molecule has 0 aliphatic carbocycles. The van der Waals surface area contributed by atoms with Gasteiger partial charge in [-0.25, -0.2) is 9.37 Å². The Morgan fingerprint density at radius 2 is 1.57 bits per heavy atom. The van der Waals surface area contributed by atoms with Crippen LogP contribution in [0, 0.1) is 22.9 Å². The molecule has 0 aliphatic rings. The summed E-state index contributed by atoms with van der Waals surface area (Å²) in [7, 11) is 0. The fraction of sp³-hybridized carbons (Fsp3) is 0.0333. The molecule has 5 rings (SSSR count). The molecule has 0 radical (unpaired) electrons. The number of nitrogens with zero attached hydrogens (tertiary/aromatic N) is 2. The maximum atomic E-state index is 13.4. The quantitative estimate of drug-likeness (QED) is 0.184. The van der Waals surface area contributed by atoms with Gasteiger partial charge in [0.25, 0.3) is 17.5 Å². The minimum atomic E-state index is -0.722. The zero-order valence-electron chi connectivity index (χ0n) is 21.1. The molecule has 10 heteroatoms. The SMILES string of the molecule is Cc1ccc(Sc2ccc(C(=O)NNC(=O)c3cc(-c4ccc(F)cc4)nc4ccccc34)cc2[N+](=O)[O-])cc1. The van der Waals surface area contributed by atoms with E-state index < -0.39 is 22.6 Å². The Bertz CT molecular complexity index is 1760. The number of pyridine rings is 1. The van der Waals surface area contributed by atoms with Crippen LogP contribution in [-0.4, -0.2) is 21.7 Å². The highest BCUT2D eigenvalue weighted by atomic mass is 32.2. The Morgan fingerprint density at radius 1 is 0.875 bits per heavy atom. The first-order valence-corrected chi connectivity index (χ1v) is 12.9. The average molecular weight is 553 g/mol. The Morgan fingerprint density at radius 3 is 2.30 bits per heavy atom. The van der Waals surface area contributed by atoms with Crippen molar-refractivity contribution in [1.29, 1.82) is 0 Å². The summed E-state index contributed by atoms with van der Waals surface area (Å²) in [5, 5.41) is 12.3. The number of carbonyl (C=O) groups is 2. The third kappa shape index (κ3) is 5.82. The second kappa shape index (κ2) is 11.3. The van der Waals surface area contributed by atoms with E-state index in [9.17, 15) is 24.1 Å². The molecule has 0 saturated carbocycles. The molecule has 2 amide bonds. The van der Waals surface area contributed by atoms with Crippen LogP contribution < -0.4 is 10.9 Å². The summed E-state index contributed by atoms with van der Waals surface area (Å²) >= 11 is 1.22. The second-order valence-corrected chi connectivity index (χ2v) is 9.96. The largest absolute Gasteiger partial charge is 0.284 e. The van der Waals surface area contributed by atoms with E-state index >= 15 is 0 Å². The molecule has 0 saturated heterocycles. The first kappa shape index (κ1) is 26.5. The van der Waals surface area contributed by atoms with Crippen molar-refractivity contribution in [2.24, 2.45) is 0 Å². The van der Waals surface area contributed by atoms with Gasteiger partial charge in [0.15, 0.2) is 0 Å². The molecule has 0 fully saturated rings. The van der Waals surface area contributed by atoms with Gasteiger partial charge < -0.3 is 0 Å². The smallest absolute Gasteiger partial charge is 0.267 e. The number of fused-ring (bicyclic) bond motifs is 1. The second-order valence-electron chi connectivity index (χ2n) is 8.84. The van der Waals surface area contributed by atoms with E-state index in [1.165, 1.54) is 42.1 Å². The number of amides is 2. The number of nitrogens with one attached hydrogen (secondary N) is 2. The molecule has 4 aromatic carbocycles. The van der Waals surface area contributed by atoms with Crippen molar-refractivity contribution < 1.29 is 18.9 Å². The molecule has 8 nitrogen and oxygen atoms in total. The van der Waals surface area contributed by atoms with Gasteiger partial charge in [-0.1, -0.05) is 47.7 Å². The van der Waals surface area contributed by atoms with Crippen LogP contribution in [0.1, 0.15) is 26.3 Å². The van der Waals surface area contributed by atoms with Crippen LogP contribution in [0.25, 0.3) is 22.2 Å². The van der Waals surface area contributed by atoms with Crippen molar-refractivity contribution in [2.45, 2.75) is 16.7 Å². The summed E-state index contributed by atoms with van der Waals surface area (Å²) in [6, 6.07) is 26.0. The number of nitro benzene ring substituents is 1. The zero-order chi connectivity index (χ0) is 28.2. The number of nitro groups is 1. The molecule has 0 bridgehead atoms. The highest BCUT2D eigenvalue weighted by Gasteiger charge is 2.20. The van der Waals surface area contributed by atoms with E-state index in [-0.39, 0.29) is 16.8 Å². The number of carbonyl (C=O) groups excluding carboxylic acids is 2. The van der Waals surface area contributed by atoms with Gasteiger partial charge in [-0.15, -0.1) is 0 Å². The molecule has 0 spiro atoms. The first-order chi connectivity index (χ1) is 19.3. The van der Waals surface area contributed by atoms with Crippen LogP contribution in [0.3, 0.4) is 0 Å². The minimum absolute atomic E-state index is 0.00634. The number of hydrogen-bond donors (Lipinski definition) is 2. The fourth-order valence-electron chi connectivity index (χ4n) is 4.01. The number of aromatic nitrogens is 1. The third-order valence-corrected chi connectivity index (χ3v) is 7.13. The van der Waals surface area contributed by atoms with Crippen molar-refractivity contribution >= 4 is 40.2 Å². The van der Waals surface area contributed by atoms with Crippen molar-refractivity contribution in [2.75, 3.05) is 0 Å². The molecule has 0 atom stereocenters. The monoisotopic (exact) mass is 552 g/mol. The van der Waals surface area contributed by atoms with Crippen molar-refractivity contribution in [3.63, 3.8) is 0 Å². The Hall–Kier alpha value is -5.09. The van der Waals surface area contributed by atoms with Gasteiger partial charge >= 0.3 is 0 Å². The number of benzene rings is 4. The van der Waals surface area contributed by atoms with Crippen LogP contribution in [0.4, 0.5) is 10.1 Å². The third-order valence-electron chi connectivity index (χ3n) is 6.06. The predicted molar refractivity (Wildman–Crippen MR) is 150 cm³/mol. The van der Waals surface area contributed by atoms with E-state index in [0.717, 1.165) is 10.5 Å². The van der Waals surface area contributed by atoms with Gasteiger partial charge in [-0.3, -0.25) is 30.6 Å². The van der Waals surface area contributed by atoms with Crippen LogP contribution >= 0.6 is 11.8 Å². The number of halogens is 1. The Labute approximate surface area is 232 Å². The van der Waals surface area contributed by atoms with E-state index in [0.29, 0.717) is 27.1 Å². The van der Waals surface area contributed by atoms with E-state index in [1.807, 2.05) is 31.2 Å². The molecule has 40 heavy (non-hydrogen) atoms. The molecular weight excluding hydrogens is 531 g/mol. The van der Waals surface area contributed by atoms with Crippen LogP contribution in [0.2, 0.25) is 0 Å². The van der Waals surface area contributed by atoms with Crippen LogP contribution in [0.15, 0.2) is 107 Å². The highest BCUT2D eigenvalue weighted by molar-refractivity contribution is 7.99. The van der Waals surface area contributed by atoms with Gasteiger partial charge in [0.2, 0.25) is 0 Å². The van der Waals surface area contributed by atoms with Gasteiger partial charge in [-0.05, 0) is 67.6 Å². The molecule has 198 valence electrons. The van der Waals surface area contributed by atoms with Crippen LogP contribution in [-0.2, 0) is 0 Å². The number of hydrogen-bond acceptors (Lipinski definition) is 6.